The van der Waals surface area contributed by atoms with Crippen molar-refractivity contribution in [1.82, 2.24) is 0 Å². The van der Waals surface area contributed by atoms with Gasteiger partial charge in [-0.2, -0.15) is 0 Å². The lowest BCUT2D eigenvalue weighted by Crippen LogP contribution is -2.11. The Labute approximate surface area is 152 Å². The Kier molecular flexibility index (Phi) is 6.58. The number of hydrogen-bond acceptors (Lipinski definition) is 3. The summed E-state index contributed by atoms with van der Waals surface area (Å²) < 4.78 is 5.54. The number of carbonyl (C=O) groups excluding carboxylic acids is 1. The van der Waals surface area contributed by atoms with Crippen molar-refractivity contribution in [3.63, 3.8) is 0 Å². The van der Waals surface area contributed by atoms with Crippen LogP contribution in [0.3, 0.4) is 0 Å². The predicted octanol–water partition coefficient (Wildman–Crippen LogP) is 3.75. The Morgan fingerprint density at radius 3 is 2.69 bits per heavy atom. The summed E-state index contributed by atoms with van der Waals surface area (Å²) in [7, 11) is 0. The van der Waals surface area contributed by atoms with Gasteiger partial charge in [-0.3, -0.25) is 4.79 Å². The van der Waals surface area contributed by atoms with Crippen LogP contribution < -0.4 is 10.1 Å². The average molecular weight is 349 g/mol. The number of carboxylic acids is 1. The van der Waals surface area contributed by atoms with Crippen LogP contribution in [0.1, 0.15) is 28.4 Å². The van der Waals surface area contributed by atoms with Crippen LogP contribution in [0.2, 0.25) is 0 Å². The molecule has 0 saturated heterocycles. The molecule has 0 aliphatic heterocycles. The second-order valence-electron chi connectivity index (χ2n) is 5.41. The van der Waals surface area contributed by atoms with Crippen molar-refractivity contribution in [3.8, 4) is 17.6 Å². The van der Waals surface area contributed by atoms with Crippen LogP contribution in [0.15, 0.2) is 48.5 Å². The fourth-order valence-corrected chi connectivity index (χ4v) is 2.25. The Bertz CT molecular complexity index is 904. The molecule has 5 nitrogen and oxygen atoms in total. The molecule has 2 rings (SSSR count). The molecule has 0 aromatic heterocycles. The van der Waals surface area contributed by atoms with E-state index in [1.165, 1.54) is 12.1 Å². The van der Waals surface area contributed by atoms with Gasteiger partial charge in [0.25, 0.3) is 0 Å². The zero-order valence-corrected chi connectivity index (χ0v) is 14.6. The van der Waals surface area contributed by atoms with Gasteiger partial charge >= 0.3 is 5.97 Å². The van der Waals surface area contributed by atoms with E-state index in [9.17, 15) is 9.59 Å². The number of carboxylic acid groups (broad SMARTS) is 1. The molecule has 0 saturated carbocycles. The van der Waals surface area contributed by atoms with Gasteiger partial charge in [-0.1, -0.05) is 24.1 Å². The second-order valence-corrected chi connectivity index (χ2v) is 5.41. The van der Waals surface area contributed by atoms with E-state index in [-0.39, 0.29) is 11.3 Å². The molecule has 2 N–H and O–H groups in total. The lowest BCUT2D eigenvalue weighted by atomic mass is 10.1. The van der Waals surface area contributed by atoms with Crippen molar-refractivity contribution < 1.29 is 19.4 Å². The second kappa shape index (κ2) is 9.09. The summed E-state index contributed by atoms with van der Waals surface area (Å²) in [5.74, 6) is 4.84. The van der Waals surface area contributed by atoms with Gasteiger partial charge < -0.3 is 15.2 Å². The Hall–Kier alpha value is -3.52. The van der Waals surface area contributed by atoms with Crippen molar-refractivity contribution in [1.29, 1.82) is 0 Å². The number of ether oxygens (including phenoxy) is 1. The van der Waals surface area contributed by atoms with Crippen molar-refractivity contribution in [2.75, 3.05) is 11.9 Å². The molecule has 5 heteroatoms. The summed E-state index contributed by atoms with van der Waals surface area (Å²) in [6, 6.07) is 11.8. The number of para-hydroxylation sites is 1. The molecule has 26 heavy (non-hydrogen) atoms. The van der Waals surface area contributed by atoms with E-state index < -0.39 is 11.9 Å². The molecular formula is C21H19NO4. The maximum absolute atomic E-state index is 12.1. The third-order valence-electron chi connectivity index (χ3n) is 3.52. The van der Waals surface area contributed by atoms with Gasteiger partial charge in [-0.25, -0.2) is 4.79 Å². The van der Waals surface area contributed by atoms with Crippen molar-refractivity contribution in [2.45, 2.75) is 13.8 Å². The monoisotopic (exact) mass is 349 g/mol. The van der Waals surface area contributed by atoms with Crippen molar-refractivity contribution in [3.05, 3.63) is 65.2 Å². The van der Waals surface area contributed by atoms with E-state index >= 15 is 0 Å². The van der Waals surface area contributed by atoms with E-state index in [4.69, 9.17) is 9.84 Å². The van der Waals surface area contributed by atoms with Gasteiger partial charge in [0.15, 0.2) is 0 Å². The standard InChI is InChI=1S/C21H19NO4/c1-3-4-13-26-19-11-9-16(14-15(19)2)10-12-20(23)22-18-8-6-5-7-17(18)21(24)25/h5-12,14H,13H2,1-2H3,(H,22,23)(H,24,25)/b12-10+. The quantitative estimate of drug-likeness (QED) is 0.615. The normalized spacial score (nSPS) is 10.1. The van der Waals surface area contributed by atoms with Crippen LogP contribution >= 0.6 is 0 Å². The van der Waals surface area contributed by atoms with Crippen LogP contribution in [0.25, 0.3) is 6.08 Å². The van der Waals surface area contributed by atoms with Crippen LogP contribution in [0.4, 0.5) is 5.69 Å². The summed E-state index contributed by atoms with van der Waals surface area (Å²) >= 11 is 0. The molecule has 0 aliphatic rings. The average Bonchev–Trinajstić information content (AvgIpc) is 2.62. The number of carbonyl (C=O) groups is 2. The van der Waals surface area contributed by atoms with Gasteiger partial charge in [-0.05, 0) is 55.3 Å². The number of anilines is 1. The highest BCUT2D eigenvalue weighted by molar-refractivity contribution is 6.06. The Balaban J connectivity index is 2.05. The molecule has 0 bridgehead atoms. The van der Waals surface area contributed by atoms with Gasteiger partial charge in [0.2, 0.25) is 5.91 Å². The first kappa shape index (κ1) is 18.8. The minimum absolute atomic E-state index is 0.0433. The molecule has 132 valence electrons. The van der Waals surface area contributed by atoms with E-state index in [2.05, 4.69) is 17.2 Å². The predicted molar refractivity (Wildman–Crippen MR) is 101 cm³/mol. The molecule has 1 amide bonds. The molecule has 2 aromatic rings. The van der Waals surface area contributed by atoms with Crippen molar-refractivity contribution in [2.24, 2.45) is 0 Å². The summed E-state index contributed by atoms with van der Waals surface area (Å²) in [5, 5.41) is 11.7. The topological polar surface area (TPSA) is 75.6 Å². The van der Waals surface area contributed by atoms with Crippen LogP contribution in [0.5, 0.6) is 5.75 Å². The van der Waals surface area contributed by atoms with E-state index in [1.54, 1.807) is 31.2 Å². The Morgan fingerprint density at radius 2 is 2.00 bits per heavy atom. The van der Waals surface area contributed by atoms with Gasteiger partial charge in [0, 0.05) is 6.08 Å². The maximum atomic E-state index is 12.1. The maximum Gasteiger partial charge on any atom is 0.337 e. The molecule has 0 unspecified atom stereocenters. The van der Waals surface area contributed by atoms with Crippen LogP contribution in [-0.4, -0.2) is 23.6 Å². The fourth-order valence-electron chi connectivity index (χ4n) is 2.25. The Morgan fingerprint density at radius 1 is 1.23 bits per heavy atom. The number of hydrogen-bond donors (Lipinski definition) is 2. The zero-order chi connectivity index (χ0) is 18.9. The molecule has 2 aromatic carbocycles. The molecule has 0 aliphatic carbocycles. The molecular weight excluding hydrogens is 330 g/mol. The highest BCUT2D eigenvalue weighted by atomic mass is 16.5. The zero-order valence-electron chi connectivity index (χ0n) is 14.6. The minimum Gasteiger partial charge on any atom is -0.481 e. The highest BCUT2D eigenvalue weighted by Gasteiger charge is 2.10. The first-order valence-corrected chi connectivity index (χ1v) is 7.95. The smallest absolute Gasteiger partial charge is 0.337 e. The number of benzene rings is 2. The molecule has 0 atom stereocenters. The number of aromatic carboxylic acids is 1. The number of rotatable bonds is 6. The molecule has 0 radical (unpaired) electrons. The SMILES string of the molecule is CC#CCOc1ccc(/C=C/C(=O)Nc2ccccc2C(=O)O)cc1C. The third-order valence-corrected chi connectivity index (χ3v) is 3.52. The summed E-state index contributed by atoms with van der Waals surface area (Å²) in [6.07, 6.45) is 3.01. The van der Waals surface area contributed by atoms with Crippen LogP contribution in [0, 0.1) is 18.8 Å². The molecule has 0 heterocycles. The molecule has 0 fully saturated rings. The van der Waals surface area contributed by atoms with Gasteiger partial charge in [-0.15, -0.1) is 5.92 Å². The van der Waals surface area contributed by atoms with E-state index in [1.807, 2.05) is 25.1 Å². The highest BCUT2D eigenvalue weighted by Crippen LogP contribution is 2.20. The summed E-state index contributed by atoms with van der Waals surface area (Å²) in [5.41, 5.74) is 2.06. The van der Waals surface area contributed by atoms with E-state index in [0.717, 1.165) is 16.9 Å². The third kappa shape index (κ3) is 5.25. The first-order valence-electron chi connectivity index (χ1n) is 7.95. The van der Waals surface area contributed by atoms with Crippen LogP contribution in [-0.2, 0) is 4.79 Å². The lowest BCUT2D eigenvalue weighted by Gasteiger charge is -2.07. The number of aryl methyl sites for hydroxylation is 1. The minimum atomic E-state index is -1.09. The van der Waals surface area contributed by atoms with Gasteiger partial charge in [0.05, 0.1) is 11.3 Å². The summed E-state index contributed by atoms with van der Waals surface area (Å²) in [4.78, 5) is 23.2. The van der Waals surface area contributed by atoms with Gasteiger partial charge in [0.1, 0.15) is 12.4 Å². The first-order chi connectivity index (χ1) is 12.5. The largest absolute Gasteiger partial charge is 0.481 e. The van der Waals surface area contributed by atoms with Crippen molar-refractivity contribution >= 4 is 23.6 Å². The number of amides is 1. The summed E-state index contributed by atoms with van der Waals surface area (Å²) in [6.45, 7) is 4.00. The molecule has 0 spiro atoms. The fraction of sp³-hybridized carbons (Fsp3) is 0.143. The number of nitrogens with one attached hydrogen (secondary N) is 1. The lowest BCUT2D eigenvalue weighted by molar-refractivity contribution is -0.111. The van der Waals surface area contributed by atoms with E-state index in [0.29, 0.717) is 6.61 Å².